The van der Waals surface area contributed by atoms with Gasteiger partial charge in [-0.1, -0.05) is 62.4 Å². The third-order valence-corrected chi connectivity index (χ3v) is 14.5. The Labute approximate surface area is 411 Å². The van der Waals surface area contributed by atoms with E-state index in [-0.39, 0.29) is 76.9 Å². The Morgan fingerprint density at radius 3 is 2.63 bits per heavy atom. The van der Waals surface area contributed by atoms with Gasteiger partial charge in [-0.3, -0.25) is 34.3 Å². The van der Waals surface area contributed by atoms with Gasteiger partial charge in [-0.05, 0) is 90.6 Å². The van der Waals surface area contributed by atoms with Crippen LogP contribution in [0.4, 0.5) is 28.9 Å². The van der Waals surface area contributed by atoms with E-state index in [1.165, 1.54) is 41.3 Å². The number of likely N-dealkylation sites (tertiary alicyclic amines) is 1. The normalized spacial score (nSPS) is 24.9. The summed E-state index contributed by atoms with van der Waals surface area (Å²) in [5, 5.41) is 11.4. The zero-order chi connectivity index (χ0) is 52.4. The van der Waals surface area contributed by atoms with Crippen molar-refractivity contribution in [1.29, 1.82) is 0 Å². The fraction of sp³-hybridized carbons (Fsp3) is 0.423. The van der Waals surface area contributed by atoms with Gasteiger partial charge in [0.1, 0.15) is 23.3 Å². The number of aromatic nitrogens is 1. The number of hydrogen-bond donors (Lipinski definition) is 4. The molecule has 5 aliphatic heterocycles. The summed E-state index contributed by atoms with van der Waals surface area (Å²) < 4.78 is 87.6. The van der Waals surface area contributed by atoms with Crippen molar-refractivity contribution in [2.24, 2.45) is 11.3 Å². The number of benzene rings is 3. The van der Waals surface area contributed by atoms with Crippen LogP contribution in [0.3, 0.4) is 0 Å². The molecule has 366 valence electrons. The van der Waals surface area contributed by atoms with Crippen LogP contribution in [0.2, 0.25) is 5.02 Å². The first-order valence-electron chi connectivity index (χ1n) is 24.6. The predicted octanol–water partition coefficient (Wildman–Crippen LogP) is 7.82. The molecule has 0 bridgehead atoms. The molecule has 5 aliphatic rings. The number of amides is 5. The lowest BCUT2D eigenvalue weighted by Gasteiger charge is -2.39. The third-order valence-electron chi connectivity index (χ3n) is 14.2. The molecule has 0 radical (unpaired) electrons. The lowest BCUT2D eigenvalue weighted by Crippen LogP contribution is -2.52. The molecule has 70 heavy (non-hydrogen) atoms. The molecular formula is C52H52ClF4N7O6. The summed E-state index contributed by atoms with van der Waals surface area (Å²) in [6, 6.07) is 11.8. The summed E-state index contributed by atoms with van der Waals surface area (Å²) >= 11 is 6.36. The Bertz CT molecular complexity index is 2990. The molecule has 6 atom stereocenters. The summed E-state index contributed by atoms with van der Waals surface area (Å²) in [6.07, 6.45) is -1.05. The van der Waals surface area contributed by atoms with Crippen molar-refractivity contribution in [2.45, 2.75) is 101 Å². The molecule has 13 nitrogen and oxygen atoms in total. The fourth-order valence-electron chi connectivity index (χ4n) is 11.0. The van der Waals surface area contributed by atoms with E-state index in [0.29, 0.717) is 54.6 Å². The molecule has 5 amide bonds. The Balaban J connectivity index is 0.957. The zero-order valence-electron chi connectivity index (χ0n) is 41.5. The number of nitrogens with zero attached hydrogens (tertiary/aromatic N) is 3. The number of anilines is 2. The van der Waals surface area contributed by atoms with E-state index in [1.54, 1.807) is 23.1 Å². The fourth-order valence-corrected chi connectivity index (χ4v) is 11.2. The predicted molar refractivity (Wildman–Crippen MR) is 253 cm³/mol. The van der Waals surface area contributed by atoms with Crippen LogP contribution in [0, 0.1) is 29.0 Å². The number of methoxy groups -OCH3 is 1. The van der Waals surface area contributed by atoms with Crippen molar-refractivity contribution >= 4 is 52.5 Å². The van der Waals surface area contributed by atoms with Crippen molar-refractivity contribution < 1.29 is 50.4 Å². The third kappa shape index (κ3) is 9.07. The van der Waals surface area contributed by atoms with E-state index in [0.717, 1.165) is 18.7 Å². The molecule has 18 heteroatoms. The molecule has 9 rings (SSSR count). The number of imide groups is 1. The van der Waals surface area contributed by atoms with Crippen LogP contribution in [0.25, 0.3) is 0 Å². The highest BCUT2D eigenvalue weighted by Gasteiger charge is 2.62. The first-order chi connectivity index (χ1) is 34.4. The van der Waals surface area contributed by atoms with Gasteiger partial charge in [-0.15, -0.1) is 0 Å². The van der Waals surface area contributed by atoms with Gasteiger partial charge < -0.3 is 30.5 Å². The maximum absolute atomic E-state index is 16.4. The molecule has 4 N–H and O–H groups in total. The van der Waals surface area contributed by atoms with Crippen molar-refractivity contribution in [3.8, 4) is 17.6 Å². The number of hydrogen-bond acceptors (Lipinski definition) is 9. The van der Waals surface area contributed by atoms with E-state index < -0.39 is 77.3 Å². The standard InChI is InChI=1S/C52H52ClF4N7O6/c1-50(2,3)23-41-51(27-59-37-22-40(52(55,56)57)58-24-34(37)51)43(32-14-7-15-35(53)44(32)54)45(61-41)47(67)60-36-17-16-30(21-39(36)70-4)48(68)63-20-8-10-28(25-63)9-5-11-29-12-6-13-31-33(29)26-64(49(31)69)38-18-19-42(65)62-46(38)66/h6-7,12-17,21-22,24,28,38,41,43,45,59,61H,8-10,18-20,23,25-27H2,1-4H3,(H,60,67)(H,62,65,66)/t28-,38?,41+,43+,45-,51+/m1/s1/i4D3. The van der Waals surface area contributed by atoms with Crippen molar-refractivity contribution in [3.63, 3.8) is 0 Å². The molecule has 1 unspecified atom stereocenters. The second kappa shape index (κ2) is 18.7. The average molecular weight is 985 g/mol. The zero-order valence-corrected chi connectivity index (χ0v) is 39.2. The molecule has 6 heterocycles. The first-order valence-corrected chi connectivity index (χ1v) is 23.5. The second-order valence-electron chi connectivity index (χ2n) is 19.9. The van der Waals surface area contributed by atoms with Gasteiger partial charge in [-0.2, -0.15) is 13.2 Å². The quantitative estimate of drug-likeness (QED) is 0.0784. The summed E-state index contributed by atoms with van der Waals surface area (Å²) in [5.74, 6) is 1.76. The largest absolute Gasteiger partial charge is 0.495 e. The molecule has 4 aromatic rings. The number of fused-ring (bicyclic) bond motifs is 3. The average Bonchev–Trinajstić information content (AvgIpc) is 3.97. The topological polar surface area (TPSA) is 162 Å². The van der Waals surface area contributed by atoms with Crippen LogP contribution in [-0.2, 0) is 32.5 Å². The molecule has 3 fully saturated rings. The highest BCUT2D eigenvalue weighted by molar-refractivity contribution is 6.30. The first kappa shape index (κ1) is 44.7. The van der Waals surface area contributed by atoms with E-state index in [1.807, 2.05) is 20.8 Å². The Morgan fingerprint density at radius 2 is 1.87 bits per heavy atom. The molecule has 0 saturated carbocycles. The van der Waals surface area contributed by atoms with E-state index in [4.69, 9.17) is 20.5 Å². The van der Waals surface area contributed by atoms with Crippen LogP contribution in [0.5, 0.6) is 5.75 Å². The molecule has 0 aliphatic carbocycles. The minimum absolute atomic E-state index is 0.00236. The molecule has 1 aromatic heterocycles. The lowest BCUT2D eigenvalue weighted by molar-refractivity contribution is -0.141. The number of halogens is 5. The maximum Gasteiger partial charge on any atom is 0.433 e. The van der Waals surface area contributed by atoms with Crippen LogP contribution >= 0.6 is 11.6 Å². The molecule has 3 saturated heterocycles. The van der Waals surface area contributed by atoms with Crippen LogP contribution < -0.4 is 26.0 Å². The number of nitrogens with one attached hydrogen (secondary N) is 4. The van der Waals surface area contributed by atoms with Crippen molar-refractivity contribution in [2.75, 3.05) is 37.3 Å². The van der Waals surface area contributed by atoms with Gasteiger partial charge in [0.2, 0.25) is 17.7 Å². The SMILES string of the molecule is [2H]C([2H])([2H])Oc1cc(C(=O)N2CCC[C@@H](CC#Cc3cccc4c3CN(C3CCC(=O)NC3=O)C4=O)C2)ccc1NC(=O)[C@@H]1N[C@@H](CC(C)(C)C)[C@@]2(CNc3cc(C(F)(F)F)ncc32)[C@H]1c1cccc(Cl)c1F. The van der Waals surface area contributed by atoms with Crippen molar-refractivity contribution in [3.05, 3.63) is 117 Å². The van der Waals surface area contributed by atoms with Gasteiger partial charge in [-0.25, -0.2) is 4.39 Å². The number of carbonyl (C=O) groups excluding carboxylic acids is 5. The highest BCUT2D eigenvalue weighted by atomic mass is 35.5. The van der Waals surface area contributed by atoms with Gasteiger partial charge in [0, 0.05) is 90.5 Å². The lowest BCUT2D eigenvalue weighted by atomic mass is 9.63. The maximum atomic E-state index is 16.4. The number of carbonyl (C=O) groups is 5. The minimum atomic E-state index is -4.75. The second-order valence-corrected chi connectivity index (χ2v) is 20.3. The number of rotatable bonds is 8. The van der Waals surface area contributed by atoms with Crippen LogP contribution in [0.1, 0.15) is 118 Å². The van der Waals surface area contributed by atoms with Gasteiger partial charge in [0.05, 0.1) is 27.9 Å². The number of pyridine rings is 1. The van der Waals surface area contributed by atoms with E-state index >= 15 is 4.39 Å². The summed E-state index contributed by atoms with van der Waals surface area (Å²) in [6.45, 7) is 6.78. The number of alkyl halides is 3. The summed E-state index contributed by atoms with van der Waals surface area (Å²) in [5.41, 5.74) is -0.552. The Hall–Kier alpha value is -6.51. The van der Waals surface area contributed by atoms with Gasteiger partial charge in [0.25, 0.3) is 11.8 Å². The summed E-state index contributed by atoms with van der Waals surface area (Å²) in [7, 11) is -3.03. The monoisotopic (exact) mass is 984 g/mol. The highest BCUT2D eigenvalue weighted by Crippen LogP contribution is 2.57. The number of ether oxygens (including phenoxy) is 1. The van der Waals surface area contributed by atoms with Crippen molar-refractivity contribution in [1.82, 2.24) is 25.4 Å². The summed E-state index contributed by atoms with van der Waals surface area (Å²) in [4.78, 5) is 73.6. The van der Waals surface area contributed by atoms with Gasteiger partial charge >= 0.3 is 6.18 Å². The Kier molecular flexibility index (Phi) is 11.9. The van der Waals surface area contributed by atoms with E-state index in [2.05, 4.69) is 38.1 Å². The molecular weight excluding hydrogens is 930 g/mol. The smallest absolute Gasteiger partial charge is 0.433 e. The minimum Gasteiger partial charge on any atom is -0.495 e. The number of piperidine rings is 2. The molecule has 3 aromatic carbocycles. The molecule has 1 spiro atoms. The van der Waals surface area contributed by atoms with Gasteiger partial charge in [0.15, 0.2) is 0 Å². The van der Waals surface area contributed by atoms with Crippen LogP contribution in [0.15, 0.2) is 66.9 Å². The Morgan fingerprint density at radius 1 is 1.07 bits per heavy atom. The van der Waals surface area contributed by atoms with Crippen LogP contribution in [-0.4, -0.2) is 89.1 Å². The van der Waals surface area contributed by atoms with E-state index in [9.17, 15) is 37.1 Å².